The van der Waals surface area contributed by atoms with E-state index in [0.29, 0.717) is 0 Å². The molecule has 0 bridgehead atoms. The fourth-order valence-corrected chi connectivity index (χ4v) is 6.80. The van der Waals surface area contributed by atoms with Gasteiger partial charge in [0.1, 0.15) is 0 Å². The van der Waals surface area contributed by atoms with Crippen LogP contribution in [0, 0.1) is 12.3 Å². The second-order valence-electron chi connectivity index (χ2n) is 12.0. The Kier molecular flexibility index (Phi) is 8.19. The summed E-state index contributed by atoms with van der Waals surface area (Å²) in [6.07, 6.45) is 11.5. The van der Waals surface area contributed by atoms with Crippen LogP contribution in [-0.2, 0) is 0 Å². The number of allylic oxidation sites excluding steroid dienone is 5. The molecule has 0 aliphatic carbocycles. The highest BCUT2D eigenvalue weighted by Crippen LogP contribution is 2.41. The molecule has 3 heteroatoms. The van der Waals surface area contributed by atoms with Crippen molar-refractivity contribution in [2.75, 3.05) is 5.32 Å². The molecule has 2 N–H and O–H groups in total. The number of nitrogens with one attached hydrogen (secondary N) is 2. The van der Waals surface area contributed by atoms with Crippen LogP contribution >= 0.6 is 0 Å². The molecule has 3 nitrogen and oxygen atoms in total. The van der Waals surface area contributed by atoms with Crippen molar-refractivity contribution in [1.29, 1.82) is 5.41 Å². The second-order valence-corrected chi connectivity index (χ2v) is 12.0. The van der Waals surface area contributed by atoms with Gasteiger partial charge in [0.25, 0.3) is 0 Å². The van der Waals surface area contributed by atoms with E-state index >= 15 is 0 Å². The van der Waals surface area contributed by atoms with E-state index in [1.165, 1.54) is 28.1 Å². The zero-order chi connectivity index (χ0) is 33.2. The minimum absolute atomic E-state index is 0.845. The highest BCUT2D eigenvalue weighted by Gasteiger charge is 2.20. The summed E-state index contributed by atoms with van der Waals surface area (Å²) in [5.74, 6) is 0. The molecule has 0 atom stereocenters. The maximum atomic E-state index is 8.72. The van der Waals surface area contributed by atoms with E-state index < -0.39 is 0 Å². The van der Waals surface area contributed by atoms with E-state index in [0.717, 1.165) is 66.7 Å². The summed E-state index contributed by atoms with van der Waals surface area (Å²) in [5.41, 5.74) is 12.6. The number of anilines is 2. The minimum atomic E-state index is 0.845. The van der Waals surface area contributed by atoms with Gasteiger partial charge in [-0.3, -0.25) is 0 Å². The molecule has 48 heavy (non-hydrogen) atoms. The van der Waals surface area contributed by atoms with Crippen LogP contribution in [-0.4, -0.2) is 10.8 Å². The number of benzene rings is 6. The lowest BCUT2D eigenvalue weighted by molar-refractivity contribution is 1.18. The quantitative estimate of drug-likeness (QED) is 0.122. The van der Waals surface area contributed by atoms with Crippen molar-refractivity contribution in [2.45, 2.75) is 13.8 Å². The summed E-state index contributed by atoms with van der Waals surface area (Å²) in [6, 6.07) is 40.6. The Balaban J connectivity index is 1.62. The van der Waals surface area contributed by atoms with Crippen molar-refractivity contribution in [3.8, 4) is 16.8 Å². The fraction of sp³-hybridized carbons (Fsp3) is 0.0444. The van der Waals surface area contributed by atoms with Crippen LogP contribution in [0.4, 0.5) is 11.4 Å². The lowest BCUT2D eigenvalue weighted by Crippen LogP contribution is -1.99. The maximum absolute atomic E-state index is 8.72. The van der Waals surface area contributed by atoms with Gasteiger partial charge < -0.3 is 15.3 Å². The van der Waals surface area contributed by atoms with Crippen LogP contribution in [0.25, 0.3) is 61.0 Å². The number of rotatable bonds is 9. The zero-order valence-electron chi connectivity index (χ0n) is 27.3. The smallest absolute Gasteiger partial charge is 0.0549 e. The highest BCUT2D eigenvalue weighted by molar-refractivity contribution is 6.21. The van der Waals surface area contributed by atoms with Gasteiger partial charge in [0.15, 0.2) is 0 Å². The van der Waals surface area contributed by atoms with E-state index in [4.69, 9.17) is 5.41 Å². The highest BCUT2D eigenvalue weighted by atomic mass is 15.0. The van der Waals surface area contributed by atoms with Gasteiger partial charge in [-0.25, -0.2) is 0 Å². The first-order chi connectivity index (χ1) is 23.5. The molecule has 7 aromatic rings. The first-order valence-electron chi connectivity index (χ1n) is 16.2. The van der Waals surface area contributed by atoms with Gasteiger partial charge in [-0.05, 0) is 113 Å². The van der Waals surface area contributed by atoms with Gasteiger partial charge in [-0.15, -0.1) is 0 Å². The van der Waals surface area contributed by atoms with Gasteiger partial charge in [0, 0.05) is 39.6 Å². The Morgan fingerprint density at radius 2 is 1.52 bits per heavy atom. The Labute approximate surface area is 282 Å². The molecule has 0 saturated heterocycles. The van der Waals surface area contributed by atoms with Crippen molar-refractivity contribution in [3.63, 3.8) is 0 Å². The van der Waals surface area contributed by atoms with E-state index in [9.17, 15) is 0 Å². The maximum Gasteiger partial charge on any atom is 0.0549 e. The molecule has 0 saturated carbocycles. The van der Waals surface area contributed by atoms with Crippen molar-refractivity contribution in [3.05, 3.63) is 175 Å². The lowest BCUT2D eigenvalue weighted by Gasteiger charge is -2.15. The van der Waals surface area contributed by atoms with Gasteiger partial charge in [-0.1, -0.05) is 104 Å². The van der Waals surface area contributed by atoms with Crippen LogP contribution in [0.3, 0.4) is 0 Å². The number of nitrogens with zero attached hydrogens (tertiary/aromatic N) is 1. The third-order valence-electron chi connectivity index (χ3n) is 9.03. The van der Waals surface area contributed by atoms with E-state index in [-0.39, 0.29) is 0 Å². The molecule has 0 aliphatic rings. The Hall–Kier alpha value is -6.19. The fourth-order valence-electron chi connectivity index (χ4n) is 6.80. The summed E-state index contributed by atoms with van der Waals surface area (Å²) < 4.78 is 2.35. The average molecular weight is 620 g/mol. The number of fused-ring (bicyclic) bond motifs is 4. The third kappa shape index (κ3) is 5.36. The Morgan fingerprint density at radius 1 is 0.750 bits per heavy atom. The van der Waals surface area contributed by atoms with Crippen molar-refractivity contribution < 1.29 is 0 Å². The van der Waals surface area contributed by atoms with Crippen LogP contribution in [0.15, 0.2) is 153 Å². The molecule has 0 unspecified atom stereocenters. The Morgan fingerprint density at radius 3 is 2.23 bits per heavy atom. The predicted octanol–water partition coefficient (Wildman–Crippen LogP) is 12.4. The second kappa shape index (κ2) is 12.9. The number of para-hydroxylation sites is 1. The summed E-state index contributed by atoms with van der Waals surface area (Å²) in [7, 11) is 0. The number of hydrogen-bond donors (Lipinski definition) is 2. The molecular formula is C45H37N3. The molecule has 232 valence electrons. The lowest BCUT2D eigenvalue weighted by atomic mass is 9.96. The molecule has 0 fully saturated rings. The van der Waals surface area contributed by atoms with Crippen LogP contribution < -0.4 is 5.32 Å². The van der Waals surface area contributed by atoms with Crippen molar-refractivity contribution >= 4 is 61.8 Å². The first-order valence-corrected chi connectivity index (χ1v) is 16.2. The predicted molar refractivity (Wildman–Crippen MR) is 209 cm³/mol. The van der Waals surface area contributed by atoms with Crippen LogP contribution in [0.2, 0.25) is 0 Å². The van der Waals surface area contributed by atoms with E-state index in [1.54, 1.807) is 6.08 Å². The number of hydrogen-bond acceptors (Lipinski definition) is 2. The summed E-state index contributed by atoms with van der Waals surface area (Å²) >= 11 is 0. The van der Waals surface area contributed by atoms with Crippen molar-refractivity contribution in [1.82, 2.24) is 4.57 Å². The summed E-state index contributed by atoms with van der Waals surface area (Å²) in [6.45, 7) is 12.3. The molecule has 0 radical (unpaired) electrons. The molecule has 0 amide bonds. The molecule has 1 aromatic heterocycles. The molecule has 6 aromatic carbocycles. The molecule has 7 rings (SSSR count). The Bertz CT molecular complexity index is 2420. The van der Waals surface area contributed by atoms with E-state index in [1.807, 2.05) is 48.6 Å². The third-order valence-corrected chi connectivity index (χ3v) is 9.03. The molecular weight excluding hydrogens is 583 g/mol. The summed E-state index contributed by atoms with van der Waals surface area (Å²) in [4.78, 5) is 0. The molecule has 0 aliphatic heterocycles. The molecule has 1 heterocycles. The molecule has 0 spiro atoms. The number of aryl methyl sites for hydroxylation is 1. The topological polar surface area (TPSA) is 40.8 Å². The van der Waals surface area contributed by atoms with Crippen LogP contribution in [0.1, 0.15) is 29.2 Å². The zero-order valence-corrected chi connectivity index (χ0v) is 27.3. The van der Waals surface area contributed by atoms with Crippen molar-refractivity contribution in [2.24, 2.45) is 0 Å². The van der Waals surface area contributed by atoms with Gasteiger partial charge in [-0.2, -0.15) is 0 Å². The normalized spacial score (nSPS) is 11.8. The SMILES string of the molecule is C=C/C=C(\C=C)c1cc(-c2ccccc2)cc(-n2c3cc4ccc(C)c(/C=C\C)c4cc3c3c(C=N)c(Nc4ccccc4)ccc32)c1. The number of aromatic nitrogens is 1. The average Bonchev–Trinajstić information content (AvgIpc) is 3.45. The minimum Gasteiger partial charge on any atom is -0.355 e. The summed E-state index contributed by atoms with van der Waals surface area (Å²) in [5, 5.41) is 16.8. The van der Waals surface area contributed by atoms with Crippen LogP contribution in [0.5, 0.6) is 0 Å². The standard InChI is InChI=1S/C45H37N3/c1-5-14-31(7-3)34-24-35(32-16-10-8-11-17-32)26-37(25-34)48-43-23-22-42(47-36-18-12-9-13-19-36)41(29-46)45(43)40-28-39-33(27-44(40)48)21-20-30(4)38(39)15-6-2/h5-29,46-47H,1,3H2,2,4H3/b15-6-,31-14+,46-29?. The van der Waals surface area contributed by atoms with Gasteiger partial charge in [0.05, 0.1) is 11.0 Å². The van der Waals surface area contributed by atoms with Gasteiger partial charge in [0.2, 0.25) is 0 Å². The van der Waals surface area contributed by atoms with E-state index in [2.05, 4.69) is 128 Å². The monoisotopic (exact) mass is 619 g/mol. The largest absolute Gasteiger partial charge is 0.355 e. The van der Waals surface area contributed by atoms with Gasteiger partial charge >= 0.3 is 0 Å². The first kappa shape index (κ1) is 30.5.